The summed E-state index contributed by atoms with van der Waals surface area (Å²) >= 11 is 0. The first-order valence-electron chi connectivity index (χ1n) is 11.1. The van der Waals surface area contributed by atoms with Crippen molar-refractivity contribution in [3.05, 3.63) is 88.2 Å². The maximum atomic E-state index is 13.0. The van der Waals surface area contributed by atoms with Crippen molar-refractivity contribution in [2.75, 3.05) is 43.4 Å². The molecule has 2 aliphatic heterocycles. The van der Waals surface area contributed by atoms with Gasteiger partial charge in [0.25, 0.3) is 5.69 Å². The van der Waals surface area contributed by atoms with E-state index >= 15 is 0 Å². The minimum atomic E-state index is -0.697. The lowest BCUT2D eigenvalue weighted by Gasteiger charge is -2.34. The van der Waals surface area contributed by atoms with Crippen LogP contribution in [0.25, 0.3) is 0 Å². The summed E-state index contributed by atoms with van der Waals surface area (Å²) in [6.45, 7) is 4.01. The molecule has 1 unspecified atom stereocenters. The van der Waals surface area contributed by atoms with Gasteiger partial charge in [-0.2, -0.15) is 0 Å². The molecule has 3 heterocycles. The van der Waals surface area contributed by atoms with Crippen LogP contribution in [-0.2, 0) is 4.79 Å². The van der Waals surface area contributed by atoms with Gasteiger partial charge in [-0.15, -0.1) is 0 Å². The highest BCUT2D eigenvalue weighted by molar-refractivity contribution is 6.24. The van der Waals surface area contributed by atoms with E-state index in [4.69, 9.17) is 4.99 Å². The predicted molar refractivity (Wildman–Crippen MR) is 131 cm³/mol. The van der Waals surface area contributed by atoms with Crippen molar-refractivity contribution >= 4 is 34.4 Å². The molecule has 1 amide bonds. The van der Waals surface area contributed by atoms with Crippen LogP contribution in [0.15, 0.2) is 72.0 Å². The molecule has 0 saturated carbocycles. The molecule has 1 saturated heterocycles. The maximum absolute atomic E-state index is 13.0. The summed E-state index contributed by atoms with van der Waals surface area (Å²) in [6.07, 6.45) is 3.34. The van der Waals surface area contributed by atoms with E-state index in [0.717, 1.165) is 43.1 Å². The van der Waals surface area contributed by atoms with Crippen LogP contribution in [0, 0.1) is 10.1 Å². The SMILES string of the molecule is CN1CCN(c2ccc(N=C(c3cccnc3)C3C(=O)Nc4cc([N+](=O)[O-])ccc43)cc2)CC1. The third-order valence-electron chi connectivity index (χ3n) is 6.28. The van der Waals surface area contributed by atoms with Crippen LogP contribution in [-0.4, -0.2) is 59.7 Å². The molecule has 3 aromatic rings. The van der Waals surface area contributed by atoms with Gasteiger partial charge >= 0.3 is 0 Å². The van der Waals surface area contributed by atoms with Gasteiger partial charge in [-0.3, -0.25) is 24.9 Å². The molecule has 1 aromatic heterocycles. The summed E-state index contributed by atoms with van der Waals surface area (Å²) in [4.78, 5) is 37.5. The van der Waals surface area contributed by atoms with E-state index in [2.05, 4.69) is 39.3 Å². The molecule has 34 heavy (non-hydrogen) atoms. The Balaban J connectivity index is 1.51. The third-order valence-corrected chi connectivity index (χ3v) is 6.28. The summed E-state index contributed by atoms with van der Waals surface area (Å²) in [6, 6.07) is 16.1. The molecule has 0 radical (unpaired) electrons. The van der Waals surface area contributed by atoms with Gasteiger partial charge < -0.3 is 15.1 Å². The Morgan fingerprint density at radius 3 is 2.56 bits per heavy atom. The standard InChI is InChI=1S/C25H24N6O3/c1-29-11-13-30(14-12-29)19-6-4-18(5-7-19)27-24(17-3-2-10-26-16-17)23-21-9-8-20(31(33)34)15-22(21)28-25(23)32/h2-10,15-16,23H,11-14H2,1H3,(H,28,32). The lowest BCUT2D eigenvalue weighted by molar-refractivity contribution is -0.384. The van der Waals surface area contributed by atoms with Crippen LogP contribution >= 0.6 is 0 Å². The first-order valence-corrected chi connectivity index (χ1v) is 11.1. The van der Waals surface area contributed by atoms with Gasteiger partial charge in [0.05, 0.1) is 22.0 Å². The van der Waals surface area contributed by atoms with Gasteiger partial charge in [0.15, 0.2) is 0 Å². The highest BCUT2D eigenvalue weighted by atomic mass is 16.6. The summed E-state index contributed by atoms with van der Waals surface area (Å²) in [5.41, 5.74) is 4.16. The number of likely N-dealkylation sites (N-methyl/N-ethyl adjacent to an activating group) is 1. The smallest absolute Gasteiger partial charge is 0.271 e. The maximum Gasteiger partial charge on any atom is 0.271 e. The van der Waals surface area contributed by atoms with Crippen molar-refractivity contribution in [2.45, 2.75) is 5.92 Å². The molecular formula is C25H24N6O3. The van der Waals surface area contributed by atoms with Crippen LogP contribution < -0.4 is 10.2 Å². The van der Waals surface area contributed by atoms with Gasteiger partial charge in [-0.05, 0) is 49.0 Å². The number of hydrogen-bond acceptors (Lipinski definition) is 7. The summed E-state index contributed by atoms with van der Waals surface area (Å²) < 4.78 is 0. The highest BCUT2D eigenvalue weighted by Crippen LogP contribution is 2.38. The number of nitrogens with zero attached hydrogens (tertiary/aromatic N) is 5. The Morgan fingerprint density at radius 2 is 1.88 bits per heavy atom. The third kappa shape index (κ3) is 4.25. The molecule has 9 nitrogen and oxygen atoms in total. The second-order valence-electron chi connectivity index (χ2n) is 8.50. The second kappa shape index (κ2) is 9.03. The molecule has 1 fully saturated rings. The molecule has 5 rings (SSSR count). The van der Waals surface area contributed by atoms with Gasteiger partial charge in [-0.1, -0.05) is 6.07 Å². The normalized spacial score (nSPS) is 18.5. The van der Waals surface area contributed by atoms with Crippen molar-refractivity contribution < 1.29 is 9.72 Å². The predicted octanol–water partition coefficient (Wildman–Crippen LogP) is 3.60. The number of carbonyl (C=O) groups is 1. The summed E-state index contributed by atoms with van der Waals surface area (Å²) in [7, 11) is 2.13. The number of rotatable bonds is 5. The van der Waals surface area contributed by atoms with E-state index in [1.807, 2.05) is 18.2 Å². The second-order valence-corrected chi connectivity index (χ2v) is 8.50. The Labute approximate surface area is 196 Å². The Hall–Kier alpha value is -4.11. The molecule has 0 spiro atoms. The zero-order valence-corrected chi connectivity index (χ0v) is 18.7. The minimum absolute atomic E-state index is 0.0703. The number of carbonyl (C=O) groups excluding carboxylic acids is 1. The number of nitro groups is 1. The molecule has 1 atom stereocenters. The van der Waals surface area contributed by atoms with Crippen molar-refractivity contribution in [3.63, 3.8) is 0 Å². The van der Waals surface area contributed by atoms with Crippen LogP contribution in [0.1, 0.15) is 17.0 Å². The number of non-ortho nitro benzene ring substituents is 1. The topological polar surface area (TPSA) is 104 Å². The van der Waals surface area contributed by atoms with Gasteiger partial charge in [0.2, 0.25) is 5.91 Å². The fourth-order valence-corrected chi connectivity index (χ4v) is 4.39. The molecule has 1 N–H and O–H groups in total. The first-order chi connectivity index (χ1) is 16.5. The number of amides is 1. The fraction of sp³-hybridized carbons (Fsp3) is 0.240. The monoisotopic (exact) mass is 456 g/mol. The molecule has 2 aromatic carbocycles. The zero-order chi connectivity index (χ0) is 23.7. The molecule has 0 bridgehead atoms. The van der Waals surface area contributed by atoms with Crippen molar-refractivity contribution in [1.82, 2.24) is 9.88 Å². The Kier molecular flexibility index (Phi) is 5.77. The number of aliphatic imine (C=N–C) groups is 1. The lowest BCUT2D eigenvalue weighted by Crippen LogP contribution is -2.44. The Morgan fingerprint density at radius 1 is 1.12 bits per heavy atom. The number of pyridine rings is 1. The number of benzene rings is 2. The lowest BCUT2D eigenvalue weighted by atomic mass is 9.91. The number of hydrogen-bond donors (Lipinski definition) is 1. The van der Waals surface area contributed by atoms with Crippen molar-refractivity contribution in [1.29, 1.82) is 0 Å². The zero-order valence-electron chi connectivity index (χ0n) is 18.7. The van der Waals surface area contributed by atoms with Crippen molar-refractivity contribution in [3.8, 4) is 0 Å². The highest BCUT2D eigenvalue weighted by Gasteiger charge is 2.36. The number of nitrogens with one attached hydrogen (secondary N) is 1. The van der Waals surface area contributed by atoms with Gasteiger partial charge in [-0.25, -0.2) is 0 Å². The number of nitro benzene ring substituents is 1. The summed E-state index contributed by atoms with van der Waals surface area (Å²) in [5, 5.41) is 14.0. The molecule has 2 aliphatic rings. The van der Waals surface area contributed by atoms with Crippen LogP contribution in [0.3, 0.4) is 0 Å². The molecule has 0 aliphatic carbocycles. The van der Waals surface area contributed by atoms with Crippen LogP contribution in [0.4, 0.5) is 22.7 Å². The Bertz CT molecular complexity index is 1250. The van der Waals surface area contributed by atoms with Crippen molar-refractivity contribution in [2.24, 2.45) is 4.99 Å². The van der Waals surface area contributed by atoms with E-state index in [1.165, 1.54) is 12.1 Å². The average Bonchev–Trinajstić information content (AvgIpc) is 3.18. The number of aromatic nitrogens is 1. The molecular weight excluding hydrogens is 432 g/mol. The largest absolute Gasteiger partial charge is 0.369 e. The van der Waals surface area contributed by atoms with E-state index in [1.54, 1.807) is 24.5 Å². The minimum Gasteiger partial charge on any atom is -0.369 e. The van der Waals surface area contributed by atoms with E-state index < -0.39 is 10.8 Å². The molecule has 172 valence electrons. The number of anilines is 2. The first kappa shape index (κ1) is 21.7. The number of fused-ring (bicyclic) bond motifs is 1. The van der Waals surface area contributed by atoms with E-state index in [9.17, 15) is 14.9 Å². The van der Waals surface area contributed by atoms with Gasteiger partial charge in [0.1, 0.15) is 5.92 Å². The van der Waals surface area contributed by atoms with E-state index in [0.29, 0.717) is 17.0 Å². The molecule has 9 heteroatoms. The fourth-order valence-electron chi connectivity index (χ4n) is 4.39. The summed E-state index contributed by atoms with van der Waals surface area (Å²) in [5.74, 6) is -0.968. The average molecular weight is 457 g/mol. The van der Waals surface area contributed by atoms with Crippen LogP contribution in [0.5, 0.6) is 0 Å². The quantitative estimate of drug-likeness (QED) is 0.357. The van der Waals surface area contributed by atoms with E-state index in [-0.39, 0.29) is 11.6 Å². The van der Waals surface area contributed by atoms with Gasteiger partial charge in [0, 0.05) is 62.0 Å². The number of piperazine rings is 1. The van der Waals surface area contributed by atoms with Crippen LogP contribution in [0.2, 0.25) is 0 Å².